The molecular formula is C37H54N4O3Si2. The molecule has 46 heavy (non-hydrogen) atoms. The molecule has 0 atom stereocenters. The summed E-state index contributed by atoms with van der Waals surface area (Å²) in [5.41, 5.74) is 3.86. The zero-order valence-corrected chi connectivity index (χ0v) is 30.9. The van der Waals surface area contributed by atoms with Crippen molar-refractivity contribution in [3.8, 4) is 0 Å². The molecule has 1 aromatic heterocycles. The van der Waals surface area contributed by atoms with Gasteiger partial charge in [0.1, 0.15) is 19.7 Å². The first-order valence-corrected chi connectivity index (χ1v) is 24.5. The standard InChI is InChI=1S/C37H54N4O3Si2/c1-45(2,3)22-20-43-28-40(25-30-16-18-39(19-17-30)26-33-12-9-11-32-10-7-8-13-34(32)33)37-38-35-24-31(27-42)14-15-36(35)41(37)29-44-21-23-46(4,5)6/h7-15,24,27,30H,16-23,25-26,28-29H2,1-6H3. The number of carbonyl (C=O) groups excluding carboxylic acids is 1. The van der Waals surface area contributed by atoms with Crippen LogP contribution in [0.5, 0.6) is 0 Å². The van der Waals surface area contributed by atoms with Crippen LogP contribution in [0.25, 0.3) is 21.8 Å². The van der Waals surface area contributed by atoms with Gasteiger partial charge in [0, 0.05) is 48.0 Å². The second-order valence-electron chi connectivity index (χ2n) is 15.5. The molecule has 0 N–H and O–H groups in total. The molecule has 1 aliphatic heterocycles. The van der Waals surface area contributed by atoms with Crippen molar-refractivity contribution in [3.63, 3.8) is 0 Å². The molecule has 0 radical (unpaired) electrons. The van der Waals surface area contributed by atoms with E-state index in [0.717, 1.165) is 87.6 Å². The van der Waals surface area contributed by atoms with Crippen LogP contribution in [0.1, 0.15) is 28.8 Å². The van der Waals surface area contributed by atoms with E-state index in [4.69, 9.17) is 14.5 Å². The number of aromatic nitrogens is 2. The van der Waals surface area contributed by atoms with E-state index in [1.54, 1.807) is 0 Å². The summed E-state index contributed by atoms with van der Waals surface area (Å²) >= 11 is 0. The number of piperidine rings is 1. The summed E-state index contributed by atoms with van der Waals surface area (Å²) in [6.07, 6.45) is 3.17. The molecule has 5 rings (SSSR count). The van der Waals surface area contributed by atoms with E-state index in [-0.39, 0.29) is 0 Å². The Bertz CT molecular complexity index is 1580. The largest absolute Gasteiger partial charge is 0.361 e. The SMILES string of the molecule is C[Si](C)(C)CCOCN(CC1CCN(Cc2cccc3ccccc23)CC1)c1nc2cc(C=O)ccc2n1COCC[Si](C)(C)C. The summed E-state index contributed by atoms with van der Waals surface area (Å²) in [6.45, 7) is 20.8. The van der Waals surface area contributed by atoms with E-state index in [0.29, 0.717) is 24.9 Å². The minimum absolute atomic E-state index is 0.436. The molecular weight excluding hydrogens is 605 g/mol. The van der Waals surface area contributed by atoms with Crippen LogP contribution in [0.3, 0.4) is 0 Å². The van der Waals surface area contributed by atoms with Gasteiger partial charge in [0.15, 0.2) is 0 Å². The van der Waals surface area contributed by atoms with Crippen LogP contribution in [-0.2, 0) is 22.7 Å². The predicted octanol–water partition coefficient (Wildman–Crippen LogP) is 8.35. The normalized spacial score (nSPS) is 15.2. The van der Waals surface area contributed by atoms with Gasteiger partial charge in [-0.3, -0.25) is 14.3 Å². The van der Waals surface area contributed by atoms with Crippen molar-refractivity contribution >= 4 is 50.2 Å². The van der Waals surface area contributed by atoms with Gasteiger partial charge < -0.3 is 14.4 Å². The Hall–Kier alpha value is -2.83. The zero-order chi connectivity index (χ0) is 32.7. The highest BCUT2D eigenvalue weighted by atomic mass is 28.3. The van der Waals surface area contributed by atoms with Gasteiger partial charge in [0.05, 0.1) is 11.0 Å². The van der Waals surface area contributed by atoms with Gasteiger partial charge >= 0.3 is 0 Å². The average molecular weight is 659 g/mol. The van der Waals surface area contributed by atoms with Crippen LogP contribution in [0, 0.1) is 5.92 Å². The molecule has 4 aromatic rings. The maximum Gasteiger partial charge on any atom is 0.210 e. The Balaban J connectivity index is 1.32. The van der Waals surface area contributed by atoms with Crippen molar-refractivity contribution in [3.05, 3.63) is 71.8 Å². The fourth-order valence-corrected chi connectivity index (χ4v) is 7.68. The van der Waals surface area contributed by atoms with Crippen LogP contribution < -0.4 is 4.90 Å². The number of fused-ring (bicyclic) bond motifs is 2. The molecule has 1 aliphatic rings. The number of hydrogen-bond acceptors (Lipinski definition) is 6. The highest BCUT2D eigenvalue weighted by Crippen LogP contribution is 2.28. The number of imidazole rings is 1. The quantitative estimate of drug-likeness (QED) is 0.0522. The van der Waals surface area contributed by atoms with Crippen molar-refractivity contribution in [2.24, 2.45) is 5.92 Å². The number of anilines is 1. The summed E-state index contributed by atoms with van der Waals surface area (Å²) in [5.74, 6) is 1.41. The van der Waals surface area contributed by atoms with Crippen molar-refractivity contribution < 1.29 is 14.3 Å². The van der Waals surface area contributed by atoms with Gasteiger partial charge in [-0.05, 0) is 78.5 Å². The molecule has 9 heteroatoms. The number of likely N-dealkylation sites (tertiary alicyclic amines) is 1. The molecule has 3 aromatic carbocycles. The van der Waals surface area contributed by atoms with Crippen LogP contribution >= 0.6 is 0 Å². The first kappa shape index (κ1) is 34.5. The van der Waals surface area contributed by atoms with Crippen molar-refractivity contribution in [2.45, 2.75) is 77.5 Å². The lowest BCUT2D eigenvalue weighted by atomic mass is 9.95. The van der Waals surface area contributed by atoms with Crippen molar-refractivity contribution in [1.82, 2.24) is 14.5 Å². The van der Waals surface area contributed by atoms with Crippen LogP contribution in [0.4, 0.5) is 5.95 Å². The number of benzene rings is 3. The summed E-state index contributed by atoms with van der Waals surface area (Å²) in [6, 6.07) is 23.4. The Morgan fingerprint density at radius 3 is 2.30 bits per heavy atom. The van der Waals surface area contributed by atoms with Gasteiger partial charge in [-0.25, -0.2) is 4.98 Å². The van der Waals surface area contributed by atoms with E-state index in [1.165, 1.54) is 16.3 Å². The number of hydrogen-bond donors (Lipinski definition) is 0. The fourth-order valence-electron chi connectivity index (χ4n) is 6.17. The number of carbonyl (C=O) groups is 1. The van der Waals surface area contributed by atoms with Gasteiger partial charge in [-0.1, -0.05) is 81.7 Å². The number of nitrogens with zero attached hydrogens (tertiary/aromatic N) is 4. The third-order valence-electron chi connectivity index (χ3n) is 9.09. The summed E-state index contributed by atoms with van der Waals surface area (Å²) < 4.78 is 14.9. The second-order valence-corrected chi connectivity index (χ2v) is 26.7. The monoisotopic (exact) mass is 658 g/mol. The maximum absolute atomic E-state index is 11.6. The molecule has 2 heterocycles. The van der Waals surface area contributed by atoms with Crippen molar-refractivity contribution in [2.75, 3.05) is 44.5 Å². The minimum atomic E-state index is -1.21. The lowest BCUT2D eigenvalue weighted by Crippen LogP contribution is -2.40. The second kappa shape index (κ2) is 15.4. The average Bonchev–Trinajstić information content (AvgIpc) is 3.38. The van der Waals surface area contributed by atoms with Crippen LogP contribution in [0.15, 0.2) is 60.7 Å². The lowest BCUT2D eigenvalue weighted by Gasteiger charge is -2.35. The third-order valence-corrected chi connectivity index (χ3v) is 12.5. The highest BCUT2D eigenvalue weighted by molar-refractivity contribution is 6.76. The molecule has 0 saturated carbocycles. The summed E-state index contributed by atoms with van der Waals surface area (Å²) in [4.78, 5) is 21.7. The first-order valence-electron chi connectivity index (χ1n) is 17.0. The van der Waals surface area contributed by atoms with E-state index in [9.17, 15) is 4.79 Å². The summed E-state index contributed by atoms with van der Waals surface area (Å²) in [5, 5.41) is 2.67. The maximum atomic E-state index is 11.6. The molecule has 0 spiro atoms. The van der Waals surface area contributed by atoms with E-state index in [2.05, 4.69) is 96.1 Å². The van der Waals surface area contributed by atoms with E-state index < -0.39 is 16.1 Å². The van der Waals surface area contributed by atoms with Gasteiger partial charge in [0.2, 0.25) is 5.95 Å². The fraction of sp³-hybridized carbons (Fsp3) is 0.514. The lowest BCUT2D eigenvalue weighted by molar-refractivity contribution is 0.0882. The number of aldehydes is 1. The predicted molar refractivity (Wildman–Crippen MR) is 197 cm³/mol. The Kier molecular flexibility index (Phi) is 11.5. The molecule has 0 unspecified atom stereocenters. The van der Waals surface area contributed by atoms with Gasteiger partial charge in [-0.15, -0.1) is 0 Å². The van der Waals surface area contributed by atoms with E-state index >= 15 is 0 Å². The summed E-state index contributed by atoms with van der Waals surface area (Å²) in [7, 11) is -2.43. The number of rotatable bonds is 16. The van der Waals surface area contributed by atoms with Crippen molar-refractivity contribution in [1.29, 1.82) is 0 Å². The third kappa shape index (κ3) is 9.61. The number of ether oxygens (including phenoxy) is 2. The van der Waals surface area contributed by atoms with Gasteiger partial charge in [-0.2, -0.15) is 0 Å². The molecule has 7 nitrogen and oxygen atoms in total. The molecule has 0 bridgehead atoms. The smallest absolute Gasteiger partial charge is 0.210 e. The highest BCUT2D eigenvalue weighted by Gasteiger charge is 2.26. The molecule has 1 saturated heterocycles. The Morgan fingerprint density at radius 1 is 0.891 bits per heavy atom. The topological polar surface area (TPSA) is 59.8 Å². The molecule has 0 amide bonds. The molecule has 0 aliphatic carbocycles. The van der Waals surface area contributed by atoms with E-state index in [1.807, 2.05) is 18.2 Å². The Morgan fingerprint density at radius 2 is 1.59 bits per heavy atom. The molecule has 1 fully saturated rings. The van der Waals surface area contributed by atoms with Crippen LogP contribution in [-0.4, -0.2) is 76.5 Å². The van der Waals surface area contributed by atoms with Crippen LogP contribution in [0.2, 0.25) is 51.4 Å². The minimum Gasteiger partial charge on any atom is -0.361 e. The Labute approximate surface area is 277 Å². The molecule has 248 valence electrons. The zero-order valence-electron chi connectivity index (χ0n) is 28.9. The first-order chi connectivity index (χ1) is 22.0. The van der Waals surface area contributed by atoms with Gasteiger partial charge in [0.25, 0.3) is 0 Å².